The van der Waals surface area contributed by atoms with Gasteiger partial charge in [-0.15, -0.1) is 0 Å². The van der Waals surface area contributed by atoms with Gasteiger partial charge in [-0.05, 0) is 72.4 Å². The van der Waals surface area contributed by atoms with Gasteiger partial charge in [0.2, 0.25) is 0 Å². The molecule has 1 aliphatic carbocycles. The fourth-order valence-corrected chi connectivity index (χ4v) is 4.26. The minimum absolute atomic E-state index is 0.180. The third-order valence-electron chi connectivity index (χ3n) is 5.37. The Kier molecular flexibility index (Phi) is 6.49. The first-order chi connectivity index (χ1) is 15.8. The molecule has 168 valence electrons. The van der Waals surface area contributed by atoms with Crippen LogP contribution in [0.25, 0.3) is 5.82 Å². The van der Waals surface area contributed by atoms with Crippen LogP contribution >= 0.6 is 27.5 Å². The highest BCUT2D eigenvalue weighted by Gasteiger charge is 2.33. The van der Waals surface area contributed by atoms with Crippen LogP contribution in [-0.4, -0.2) is 44.1 Å². The van der Waals surface area contributed by atoms with Gasteiger partial charge in [0.25, 0.3) is 11.8 Å². The number of benzene rings is 1. The Balaban J connectivity index is 1.75. The van der Waals surface area contributed by atoms with E-state index in [2.05, 4.69) is 37.4 Å². The predicted molar refractivity (Wildman–Crippen MR) is 128 cm³/mol. The van der Waals surface area contributed by atoms with Crippen LogP contribution in [0.2, 0.25) is 5.02 Å². The fourth-order valence-electron chi connectivity index (χ4n) is 3.68. The lowest BCUT2D eigenvalue weighted by molar-refractivity contribution is 0.0753. The zero-order valence-electron chi connectivity index (χ0n) is 18.0. The molecule has 0 radical (unpaired) electrons. The number of nitrogens with one attached hydrogen (secondary N) is 1. The molecule has 0 unspecified atom stereocenters. The number of carbonyl (C=O) groups excluding carboxylic acids is 2. The summed E-state index contributed by atoms with van der Waals surface area (Å²) in [4.78, 5) is 32.7. The molecule has 10 heteroatoms. The Morgan fingerprint density at radius 1 is 1.36 bits per heavy atom. The van der Waals surface area contributed by atoms with Crippen molar-refractivity contribution in [2.24, 2.45) is 0 Å². The van der Waals surface area contributed by atoms with E-state index in [4.69, 9.17) is 11.6 Å². The van der Waals surface area contributed by atoms with Crippen molar-refractivity contribution in [3.63, 3.8) is 0 Å². The van der Waals surface area contributed by atoms with Gasteiger partial charge in [-0.1, -0.05) is 11.6 Å². The van der Waals surface area contributed by atoms with Crippen molar-refractivity contribution >= 4 is 45.0 Å². The number of halogens is 2. The van der Waals surface area contributed by atoms with Crippen molar-refractivity contribution in [2.45, 2.75) is 32.7 Å². The van der Waals surface area contributed by atoms with Crippen LogP contribution < -0.4 is 5.32 Å². The average Bonchev–Trinajstić information content (AvgIpc) is 3.56. The zero-order chi connectivity index (χ0) is 23.7. The Hall–Kier alpha value is -3.22. The van der Waals surface area contributed by atoms with Crippen molar-refractivity contribution in [2.75, 3.05) is 11.9 Å². The van der Waals surface area contributed by atoms with Gasteiger partial charge in [0.15, 0.2) is 5.82 Å². The molecule has 2 amide bonds. The van der Waals surface area contributed by atoms with E-state index in [1.807, 2.05) is 6.92 Å². The standard InChI is InChI=1S/C23H20BrClN6O2/c1-3-30(15-6-7-15)23(33)16-10-14(12-26)9-13(2)20(16)28-22(32)18-11-19(24)29-31(18)21-17(25)5-4-8-27-21/h4-5,8-11,15H,3,6-7H2,1-2H3,(H,28,32). The molecule has 0 bridgehead atoms. The van der Waals surface area contributed by atoms with Gasteiger partial charge in [-0.3, -0.25) is 9.59 Å². The molecule has 0 spiro atoms. The number of pyridine rings is 1. The van der Waals surface area contributed by atoms with E-state index >= 15 is 0 Å². The van der Waals surface area contributed by atoms with Crippen molar-refractivity contribution in [1.82, 2.24) is 19.7 Å². The second-order valence-corrected chi connectivity index (χ2v) is 8.90. The first kappa shape index (κ1) is 23.0. The van der Waals surface area contributed by atoms with E-state index in [0.29, 0.717) is 38.8 Å². The molecule has 2 aromatic heterocycles. The summed E-state index contributed by atoms with van der Waals surface area (Å²) in [6.45, 7) is 4.22. The second kappa shape index (κ2) is 9.33. The monoisotopic (exact) mass is 526 g/mol. The highest BCUT2D eigenvalue weighted by molar-refractivity contribution is 9.10. The minimum Gasteiger partial charge on any atom is -0.336 e. The van der Waals surface area contributed by atoms with Crippen LogP contribution in [-0.2, 0) is 0 Å². The summed E-state index contributed by atoms with van der Waals surface area (Å²) in [6, 6.07) is 10.3. The summed E-state index contributed by atoms with van der Waals surface area (Å²) in [5, 5.41) is 16.9. The van der Waals surface area contributed by atoms with E-state index in [1.54, 1.807) is 42.3 Å². The fraction of sp³-hybridized carbons (Fsp3) is 0.261. The van der Waals surface area contributed by atoms with E-state index in [9.17, 15) is 14.9 Å². The van der Waals surface area contributed by atoms with Crippen LogP contribution in [0.3, 0.4) is 0 Å². The maximum Gasteiger partial charge on any atom is 0.274 e. The van der Waals surface area contributed by atoms with Gasteiger partial charge in [-0.2, -0.15) is 10.4 Å². The molecule has 3 aromatic rings. The smallest absolute Gasteiger partial charge is 0.274 e. The van der Waals surface area contributed by atoms with Crippen LogP contribution in [0.1, 0.15) is 51.7 Å². The number of nitriles is 1. The topological polar surface area (TPSA) is 104 Å². The van der Waals surface area contributed by atoms with Crippen molar-refractivity contribution in [3.05, 3.63) is 68.5 Å². The Labute approximate surface area is 204 Å². The molecule has 1 saturated carbocycles. The number of carbonyl (C=O) groups is 2. The summed E-state index contributed by atoms with van der Waals surface area (Å²) < 4.78 is 1.76. The first-order valence-corrected chi connectivity index (χ1v) is 11.5. The summed E-state index contributed by atoms with van der Waals surface area (Å²) in [5.74, 6) is -0.405. The quantitative estimate of drug-likeness (QED) is 0.499. The SMILES string of the molecule is CCN(C(=O)c1cc(C#N)cc(C)c1NC(=O)c1cc(Br)nn1-c1ncccc1Cl)C1CC1. The number of amides is 2. The molecule has 1 aliphatic rings. The van der Waals surface area contributed by atoms with Crippen LogP contribution in [0.4, 0.5) is 5.69 Å². The largest absolute Gasteiger partial charge is 0.336 e. The van der Waals surface area contributed by atoms with Gasteiger partial charge < -0.3 is 10.2 Å². The lowest BCUT2D eigenvalue weighted by atomic mass is 10.0. The van der Waals surface area contributed by atoms with E-state index in [-0.39, 0.29) is 23.2 Å². The highest BCUT2D eigenvalue weighted by atomic mass is 79.9. The molecule has 8 nitrogen and oxygen atoms in total. The normalized spacial score (nSPS) is 12.8. The highest BCUT2D eigenvalue weighted by Crippen LogP contribution is 2.32. The van der Waals surface area contributed by atoms with Gasteiger partial charge in [0.1, 0.15) is 10.3 Å². The predicted octanol–water partition coefficient (Wildman–Crippen LogP) is 4.74. The maximum absolute atomic E-state index is 13.4. The molecular formula is C23H20BrClN6O2. The first-order valence-electron chi connectivity index (χ1n) is 10.4. The number of aromatic nitrogens is 3. The number of rotatable bonds is 6. The maximum atomic E-state index is 13.4. The van der Waals surface area contributed by atoms with Crippen LogP contribution in [0, 0.1) is 18.3 Å². The Morgan fingerprint density at radius 2 is 2.12 bits per heavy atom. The molecule has 33 heavy (non-hydrogen) atoms. The lowest BCUT2D eigenvalue weighted by Gasteiger charge is -2.23. The van der Waals surface area contributed by atoms with Gasteiger partial charge in [-0.25, -0.2) is 9.67 Å². The van der Waals surface area contributed by atoms with E-state index in [1.165, 1.54) is 10.7 Å². The number of hydrogen-bond donors (Lipinski definition) is 1. The molecular weight excluding hydrogens is 508 g/mol. The lowest BCUT2D eigenvalue weighted by Crippen LogP contribution is -2.34. The Bertz CT molecular complexity index is 1290. The number of nitrogens with zero attached hydrogens (tertiary/aromatic N) is 5. The molecule has 0 atom stereocenters. The minimum atomic E-state index is -0.494. The molecule has 1 aromatic carbocycles. The molecule has 4 rings (SSSR count). The zero-order valence-corrected chi connectivity index (χ0v) is 20.3. The summed E-state index contributed by atoms with van der Waals surface area (Å²) >= 11 is 9.57. The number of anilines is 1. The van der Waals surface area contributed by atoms with Crippen molar-refractivity contribution < 1.29 is 9.59 Å². The molecule has 0 saturated heterocycles. The molecule has 0 aliphatic heterocycles. The van der Waals surface area contributed by atoms with E-state index < -0.39 is 5.91 Å². The average molecular weight is 528 g/mol. The van der Waals surface area contributed by atoms with Crippen LogP contribution in [0.5, 0.6) is 0 Å². The summed E-state index contributed by atoms with van der Waals surface area (Å²) in [6.07, 6.45) is 3.46. The van der Waals surface area contributed by atoms with Gasteiger partial charge in [0.05, 0.1) is 27.9 Å². The number of hydrogen-bond acceptors (Lipinski definition) is 5. The van der Waals surface area contributed by atoms with Gasteiger partial charge in [0, 0.05) is 24.8 Å². The van der Waals surface area contributed by atoms with Crippen molar-refractivity contribution in [3.8, 4) is 11.9 Å². The van der Waals surface area contributed by atoms with Crippen molar-refractivity contribution in [1.29, 1.82) is 5.26 Å². The van der Waals surface area contributed by atoms with Crippen LogP contribution in [0.15, 0.2) is 41.1 Å². The molecule has 1 N–H and O–H groups in total. The second-order valence-electron chi connectivity index (χ2n) is 7.68. The van der Waals surface area contributed by atoms with E-state index in [0.717, 1.165) is 12.8 Å². The van der Waals surface area contributed by atoms with Gasteiger partial charge >= 0.3 is 0 Å². The Morgan fingerprint density at radius 3 is 2.76 bits per heavy atom. The molecule has 2 heterocycles. The summed E-state index contributed by atoms with van der Waals surface area (Å²) in [5.41, 5.74) is 1.79. The number of aryl methyl sites for hydroxylation is 1. The molecule has 1 fully saturated rings. The summed E-state index contributed by atoms with van der Waals surface area (Å²) in [7, 11) is 0. The third kappa shape index (κ3) is 4.63. The third-order valence-corrected chi connectivity index (χ3v) is 6.06.